The number of aromatic nitrogens is 3. The molecule has 4 rings (SSSR count). The lowest BCUT2D eigenvalue weighted by atomic mass is 10.2. The van der Waals surface area contributed by atoms with Crippen molar-refractivity contribution in [3.05, 3.63) is 70.3 Å². The highest BCUT2D eigenvalue weighted by atomic mass is 32.1. The highest BCUT2D eigenvalue weighted by Gasteiger charge is 2.10. The number of fused-ring (bicyclic) bond motifs is 1. The number of carbonyl (C=O) groups excluding carboxylic acids is 1. The third-order valence-corrected chi connectivity index (χ3v) is 5.21. The van der Waals surface area contributed by atoms with E-state index < -0.39 is 0 Å². The first kappa shape index (κ1) is 18.8. The number of anilines is 1. The maximum atomic E-state index is 12.4. The van der Waals surface area contributed by atoms with Gasteiger partial charge < -0.3 is 10.1 Å². The summed E-state index contributed by atoms with van der Waals surface area (Å²) in [5.74, 6) is 0.617. The van der Waals surface area contributed by atoms with Gasteiger partial charge in [-0.25, -0.2) is 4.98 Å². The summed E-state index contributed by atoms with van der Waals surface area (Å²) in [6.07, 6.45) is 1.50. The molecule has 7 nitrogen and oxygen atoms in total. The van der Waals surface area contributed by atoms with E-state index in [4.69, 9.17) is 4.74 Å². The summed E-state index contributed by atoms with van der Waals surface area (Å²) < 4.78 is 6.83. The summed E-state index contributed by atoms with van der Waals surface area (Å²) in [6.45, 7) is 0.364. The quantitative estimate of drug-likeness (QED) is 0.529. The molecule has 2 heterocycles. The van der Waals surface area contributed by atoms with Crippen LogP contribution in [0.25, 0.3) is 22.2 Å². The van der Waals surface area contributed by atoms with Gasteiger partial charge in [0.1, 0.15) is 5.75 Å². The van der Waals surface area contributed by atoms with Gasteiger partial charge in [-0.05, 0) is 36.4 Å². The van der Waals surface area contributed by atoms with Gasteiger partial charge in [-0.1, -0.05) is 12.1 Å². The maximum Gasteiger partial charge on any atom is 0.228 e. The normalized spacial score (nSPS) is 10.8. The Kier molecular flexibility index (Phi) is 5.35. The fourth-order valence-corrected chi connectivity index (χ4v) is 3.69. The van der Waals surface area contributed by atoms with Gasteiger partial charge >= 0.3 is 0 Å². The molecular formula is C21H18N4O3S. The van der Waals surface area contributed by atoms with Crippen LogP contribution in [0.2, 0.25) is 0 Å². The van der Waals surface area contributed by atoms with Gasteiger partial charge in [0.2, 0.25) is 11.3 Å². The molecule has 1 N–H and O–H groups in total. The van der Waals surface area contributed by atoms with E-state index in [2.05, 4.69) is 15.4 Å². The average Bonchev–Trinajstić information content (AvgIpc) is 3.22. The Balaban J connectivity index is 1.41. The SMILES string of the molecule is COc1ccc(-c2csc(NC(=O)CCn3ncc(=O)c4ccccc43)n2)cc1. The Labute approximate surface area is 170 Å². The number of hydrogen-bond acceptors (Lipinski definition) is 6. The number of benzene rings is 2. The maximum absolute atomic E-state index is 12.4. The van der Waals surface area contributed by atoms with E-state index in [0.717, 1.165) is 17.0 Å². The minimum atomic E-state index is -0.162. The molecule has 0 aliphatic heterocycles. The minimum absolute atomic E-state index is 0.129. The van der Waals surface area contributed by atoms with E-state index in [0.29, 0.717) is 22.6 Å². The largest absolute Gasteiger partial charge is 0.497 e. The van der Waals surface area contributed by atoms with Crippen LogP contribution in [0.4, 0.5) is 5.13 Å². The Morgan fingerprint density at radius 3 is 2.76 bits per heavy atom. The van der Waals surface area contributed by atoms with E-state index in [1.807, 2.05) is 47.8 Å². The standard InChI is InChI=1S/C21H18N4O3S/c1-28-15-8-6-14(7-9-15)17-13-29-21(23-17)24-20(27)10-11-25-18-5-3-2-4-16(18)19(26)12-22-25/h2-9,12-13H,10-11H2,1H3,(H,23,24,27). The molecule has 1 amide bonds. The molecule has 0 aliphatic carbocycles. The molecule has 0 unspecified atom stereocenters. The second kappa shape index (κ2) is 8.24. The molecule has 146 valence electrons. The molecule has 0 saturated carbocycles. The first-order valence-electron chi connectivity index (χ1n) is 8.99. The monoisotopic (exact) mass is 406 g/mol. The highest BCUT2D eigenvalue weighted by Crippen LogP contribution is 2.26. The zero-order valence-corrected chi connectivity index (χ0v) is 16.5. The predicted octanol–water partition coefficient (Wildman–Crippen LogP) is 3.56. The fourth-order valence-electron chi connectivity index (χ4n) is 2.95. The van der Waals surface area contributed by atoms with E-state index >= 15 is 0 Å². The van der Waals surface area contributed by atoms with Crippen molar-refractivity contribution in [1.82, 2.24) is 14.8 Å². The molecule has 8 heteroatoms. The number of amides is 1. The molecule has 29 heavy (non-hydrogen) atoms. The molecule has 0 bridgehead atoms. The van der Waals surface area contributed by atoms with E-state index in [-0.39, 0.29) is 17.8 Å². The van der Waals surface area contributed by atoms with E-state index in [9.17, 15) is 9.59 Å². The first-order chi connectivity index (χ1) is 14.1. The van der Waals surface area contributed by atoms with Gasteiger partial charge in [-0.15, -0.1) is 11.3 Å². The molecule has 0 radical (unpaired) electrons. The van der Waals surface area contributed by atoms with Crippen molar-refractivity contribution in [1.29, 1.82) is 0 Å². The predicted molar refractivity (Wildman–Crippen MR) is 113 cm³/mol. The van der Waals surface area contributed by atoms with Crippen LogP contribution in [0.5, 0.6) is 5.75 Å². The van der Waals surface area contributed by atoms with Crippen LogP contribution in [0.1, 0.15) is 6.42 Å². The van der Waals surface area contributed by atoms with Crippen LogP contribution in [0.3, 0.4) is 0 Å². The van der Waals surface area contributed by atoms with Crippen LogP contribution in [0, 0.1) is 0 Å². The van der Waals surface area contributed by atoms with Crippen molar-refractivity contribution in [2.24, 2.45) is 0 Å². The van der Waals surface area contributed by atoms with Crippen LogP contribution in [-0.4, -0.2) is 27.8 Å². The second-order valence-corrected chi connectivity index (χ2v) is 7.17. The molecule has 0 aliphatic rings. The summed E-state index contributed by atoms with van der Waals surface area (Å²) in [5.41, 5.74) is 2.33. The summed E-state index contributed by atoms with van der Waals surface area (Å²) in [5, 5.41) is 10.00. The number of nitrogens with zero attached hydrogens (tertiary/aromatic N) is 3. The van der Waals surface area contributed by atoms with E-state index in [1.54, 1.807) is 17.9 Å². The van der Waals surface area contributed by atoms with Gasteiger partial charge in [0.05, 0.1) is 31.1 Å². The van der Waals surface area contributed by atoms with Crippen molar-refractivity contribution in [2.45, 2.75) is 13.0 Å². The lowest BCUT2D eigenvalue weighted by Gasteiger charge is -2.08. The Bertz CT molecular complexity index is 1210. The third-order valence-electron chi connectivity index (χ3n) is 4.45. The lowest BCUT2D eigenvalue weighted by Crippen LogP contribution is -2.17. The molecule has 4 aromatic rings. The van der Waals surface area contributed by atoms with Gasteiger partial charge in [0.25, 0.3) is 0 Å². The minimum Gasteiger partial charge on any atom is -0.497 e. The van der Waals surface area contributed by atoms with Gasteiger partial charge in [0.15, 0.2) is 5.13 Å². The molecule has 0 saturated heterocycles. The second-order valence-electron chi connectivity index (χ2n) is 6.31. The lowest BCUT2D eigenvalue weighted by molar-refractivity contribution is -0.116. The molecule has 0 atom stereocenters. The summed E-state index contributed by atoms with van der Waals surface area (Å²) in [6, 6.07) is 14.8. The number of methoxy groups -OCH3 is 1. The topological polar surface area (TPSA) is 86.1 Å². The van der Waals surface area contributed by atoms with Crippen molar-refractivity contribution >= 4 is 33.3 Å². The summed E-state index contributed by atoms with van der Waals surface area (Å²) >= 11 is 1.37. The molecular weight excluding hydrogens is 388 g/mol. The van der Waals surface area contributed by atoms with Crippen LogP contribution < -0.4 is 15.5 Å². The number of hydrogen-bond donors (Lipinski definition) is 1. The van der Waals surface area contributed by atoms with Gasteiger partial charge in [-0.3, -0.25) is 14.3 Å². The summed E-state index contributed by atoms with van der Waals surface area (Å²) in [4.78, 5) is 28.7. The number of carbonyl (C=O) groups is 1. The van der Waals surface area contributed by atoms with Crippen LogP contribution in [-0.2, 0) is 11.3 Å². The van der Waals surface area contributed by atoms with Crippen molar-refractivity contribution < 1.29 is 9.53 Å². The molecule has 2 aromatic heterocycles. The Morgan fingerprint density at radius 2 is 1.97 bits per heavy atom. The zero-order chi connectivity index (χ0) is 20.2. The van der Waals surface area contributed by atoms with Crippen molar-refractivity contribution in [2.75, 3.05) is 12.4 Å². The molecule has 0 fully saturated rings. The number of aryl methyl sites for hydroxylation is 1. The van der Waals surface area contributed by atoms with Gasteiger partial charge in [-0.2, -0.15) is 5.10 Å². The molecule has 2 aromatic carbocycles. The molecule has 0 spiro atoms. The number of rotatable bonds is 6. The highest BCUT2D eigenvalue weighted by molar-refractivity contribution is 7.14. The van der Waals surface area contributed by atoms with Crippen molar-refractivity contribution in [3.63, 3.8) is 0 Å². The Hall–Kier alpha value is -3.52. The van der Waals surface area contributed by atoms with Crippen LogP contribution in [0.15, 0.2) is 64.9 Å². The van der Waals surface area contributed by atoms with Crippen molar-refractivity contribution in [3.8, 4) is 17.0 Å². The number of thiazole rings is 1. The number of nitrogens with one attached hydrogen (secondary N) is 1. The zero-order valence-electron chi connectivity index (χ0n) is 15.7. The van der Waals surface area contributed by atoms with E-state index in [1.165, 1.54) is 17.5 Å². The smallest absolute Gasteiger partial charge is 0.228 e. The average molecular weight is 406 g/mol. The third kappa shape index (κ3) is 4.17. The first-order valence-corrected chi connectivity index (χ1v) is 9.86. The number of para-hydroxylation sites is 1. The number of ether oxygens (including phenoxy) is 1. The fraction of sp³-hybridized carbons (Fsp3) is 0.143. The van der Waals surface area contributed by atoms with Gasteiger partial charge in [0, 0.05) is 22.8 Å². The van der Waals surface area contributed by atoms with Crippen LogP contribution >= 0.6 is 11.3 Å². The Morgan fingerprint density at radius 1 is 1.17 bits per heavy atom. The summed E-state index contributed by atoms with van der Waals surface area (Å²) in [7, 11) is 1.62.